The van der Waals surface area contributed by atoms with Gasteiger partial charge in [0.2, 0.25) is 0 Å². The number of nitrogens with one attached hydrogen (secondary N) is 1. The normalized spacial score (nSPS) is 28.9. The maximum Gasteiger partial charge on any atom is 0.109 e. The maximum atomic E-state index is 9.84. The summed E-state index contributed by atoms with van der Waals surface area (Å²) >= 11 is 1.67. The number of hydrogen-bond donors (Lipinski definition) is 2. The molecule has 1 heterocycles. The Kier molecular flexibility index (Phi) is 3.72. The number of aliphatic hydroxyl groups excluding tert-OH is 1. The lowest BCUT2D eigenvalue weighted by molar-refractivity contribution is 0.0859. The molecule has 0 radical (unpaired) electrons. The van der Waals surface area contributed by atoms with Crippen molar-refractivity contribution in [3.8, 4) is 0 Å². The van der Waals surface area contributed by atoms with Crippen molar-refractivity contribution >= 4 is 11.3 Å². The second-order valence-corrected chi connectivity index (χ2v) is 5.14. The molecule has 1 unspecified atom stereocenters. The van der Waals surface area contributed by atoms with Gasteiger partial charge in [0.05, 0.1) is 12.1 Å². The van der Waals surface area contributed by atoms with Gasteiger partial charge in [-0.2, -0.15) is 0 Å². The van der Waals surface area contributed by atoms with Crippen molar-refractivity contribution in [3.63, 3.8) is 0 Å². The first-order valence-corrected chi connectivity index (χ1v) is 6.49. The van der Waals surface area contributed by atoms with Crippen molar-refractivity contribution in [2.75, 3.05) is 0 Å². The van der Waals surface area contributed by atoms with Crippen LogP contribution in [0.3, 0.4) is 0 Å². The Morgan fingerprint density at radius 2 is 2.33 bits per heavy atom. The molecule has 1 saturated carbocycles. The molecule has 1 aliphatic carbocycles. The zero-order valence-electron chi connectivity index (χ0n) is 9.02. The van der Waals surface area contributed by atoms with Crippen molar-refractivity contribution in [3.05, 3.63) is 16.6 Å². The number of aliphatic hydroxyl groups is 1. The molecule has 0 saturated heterocycles. The summed E-state index contributed by atoms with van der Waals surface area (Å²) in [5.41, 5.74) is 0. The molecule has 84 valence electrons. The summed E-state index contributed by atoms with van der Waals surface area (Å²) in [4.78, 5) is 4.28. The zero-order chi connectivity index (χ0) is 10.7. The van der Waals surface area contributed by atoms with Crippen LogP contribution in [-0.2, 0) is 0 Å². The number of nitrogens with zero attached hydrogens (tertiary/aromatic N) is 1. The van der Waals surface area contributed by atoms with E-state index in [2.05, 4.69) is 17.2 Å². The average molecular weight is 226 g/mol. The summed E-state index contributed by atoms with van der Waals surface area (Å²) in [5, 5.41) is 16.4. The smallest absolute Gasteiger partial charge is 0.109 e. The van der Waals surface area contributed by atoms with Crippen LogP contribution < -0.4 is 5.32 Å². The fourth-order valence-electron chi connectivity index (χ4n) is 2.15. The fourth-order valence-corrected chi connectivity index (χ4v) is 2.80. The van der Waals surface area contributed by atoms with Crippen LogP contribution >= 0.6 is 11.3 Å². The number of aromatic nitrogens is 1. The lowest BCUT2D eigenvalue weighted by Crippen LogP contribution is -2.43. The van der Waals surface area contributed by atoms with E-state index in [1.165, 1.54) is 6.42 Å². The lowest BCUT2D eigenvalue weighted by Gasteiger charge is -2.30. The van der Waals surface area contributed by atoms with E-state index in [1.807, 2.05) is 11.6 Å². The molecule has 4 heteroatoms. The molecule has 1 aromatic heterocycles. The first-order chi connectivity index (χ1) is 7.27. The Labute approximate surface area is 94.5 Å². The van der Waals surface area contributed by atoms with E-state index in [4.69, 9.17) is 0 Å². The van der Waals surface area contributed by atoms with Gasteiger partial charge in [-0.1, -0.05) is 12.8 Å². The minimum Gasteiger partial charge on any atom is -0.392 e. The predicted molar refractivity (Wildman–Crippen MR) is 61.9 cm³/mol. The van der Waals surface area contributed by atoms with E-state index in [9.17, 15) is 5.11 Å². The van der Waals surface area contributed by atoms with Crippen molar-refractivity contribution in [2.24, 2.45) is 0 Å². The quantitative estimate of drug-likeness (QED) is 0.829. The van der Waals surface area contributed by atoms with Gasteiger partial charge in [0.15, 0.2) is 0 Å². The fraction of sp³-hybridized carbons (Fsp3) is 0.727. The highest BCUT2D eigenvalue weighted by atomic mass is 32.1. The van der Waals surface area contributed by atoms with Gasteiger partial charge in [0.25, 0.3) is 0 Å². The Balaban J connectivity index is 1.90. The Bertz CT molecular complexity index is 289. The van der Waals surface area contributed by atoms with Gasteiger partial charge in [-0.3, -0.25) is 0 Å². The average Bonchev–Trinajstić information content (AvgIpc) is 2.74. The Morgan fingerprint density at radius 3 is 3.00 bits per heavy atom. The van der Waals surface area contributed by atoms with E-state index < -0.39 is 0 Å². The first-order valence-electron chi connectivity index (χ1n) is 5.61. The monoisotopic (exact) mass is 226 g/mol. The van der Waals surface area contributed by atoms with Crippen molar-refractivity contribution in [2.45, 2.75) is 50.8 Å². The lowest BCUT2D eigenvalue weighted by atomic mass is 9.92. The standard InChI is InChI=1S/C11H18N2OS/c1-8(11-12-6-7-15-11)13-9-4-2-3-5-10(9)14/h6-10,13-14H,2-5H2,1H3/t8?,9-,10-/m0/s1. The number of thiazole rings is 1. The van der Waals surface area contributed by atoms with Gasteiger partial charge in [-0.25, -0.2) is 4.98 Å². The third kappa shape index (κ3) is 2.77. The van der Waals surface area contributed by atoms with Crippen LogP contribution in [0.1, 0.15) is 43.7 Å². The van der Waals surface area contributed by atoms with Gasteiger partial charge >= 0.3 is 0 Å². The molecule has 0 spiro atoms. The molecule has 3 nitrogen and oxygen atoms in total. The minimum absolute atomic E-state index is 0.179. The summed E-state index contributed by atoms with van der Waals surface area (Å²) in [5.74, 6) is 0. The highest BCUT2D eigenvalue weighted by molar-refractivity contribution is 7.09. The van der Waals surface area contributed by atoms with E-state index in [0.717, 1.165) is 24.3 Å². The molecule has 1 aromatic rings. The van der Waals surface area contributed by atoms with Crippen LogP contribution in [-0.4, -0.2) is 22.2 Å². The summed E-state index contributed by atoms with van der Waals surface area (Å²) in [7, 11) is 0. The molecular formula is C11H18N2OS. The SMILES string of the molecule is CC(N[C@H]1CCCC[C@@H]1O)c1nccs1. The van der Waals surface area contributed by atoms with E-state index in [0.29, 0.717) is 0 Å². The summed E-state index contributed by atoms with van der Waals surface area (Å²) in [6, 6.07) is 0.500. The van der Waals surface area contributed by atoms with Crippen LogP contribution in [0, 0.1) is 0 Å². The van der Waals surface area contributed by atoms with Gasteiger partial charge in [0.1, 0.15) is 5.01 Å². The van der Waals surface area contributed by atoms with E-state index >= 15 is 0 Å². The largest absolute Gasteiger partial charge is 0.392 e. The molecule has 0 bridgehead atoms. The zero-order valence-corrected chi connectivity index (χ0v) is 9.83. The van der Waals surface area contributed by atoms with Gasteiger partial charge in [-0.15, -0.1) is 11.3 Å². The molecule has 1 aliphatic rings. The van der Waals surface area contributed by atoms with Crippen molar-refractivity contribution in [1.29, 1.82) is 0 Å². The maximum absolute atomic E-state index is 9.84. The second kappa shape index (κ2) is 5.05. The van der Waals surface area contributed by atoms with Crippen molar-refractivity contribution in [1.82, 2.24) is 10.3 Å². The van der Waals surface area contributed by atoms with Crippen LogP contribution in [0.25, 0.3) is 0 Å². The summed E-state index contributed by atoms with van der Waals surface area (Å²) < 4.78 is 0. The summed E-state index contributed by atoms with van der Waals surface area (Å²) in [6.45, 7) is 2.11. The molecule has 0 amide bonds. The van der Waals surface area contributed by atoms with Crippen LogP contribution in [0.4, 0.5) is 0 Å². The second-order valence-electron chi connectivity index (χ2n) is 4.22. The Hall–Kier alpha value is -0.450. The third-order valence-electron chi connectivity index (χ3n) is 3.02. The van der Waals surface area contributed by atoms with Crippen LogP contribution in [0.15, 0.2) is 11.6 Å². The number of hydrogen-bond acceptors (Lipinski definition) is 4. The molecule has 0 aromatic carbocycles. The number of rotatable bonds is 3. The van der Waals surface area contributed by atoms with E-state index in [1.54, 1.807) is 11.3 Å². The Morgan fingerprint density at radius 1 is 1.53 bits per heavy atom. The van der Waals surface area contributed by atoms with Gasteiger partial charge in [0, 0.05) is 17.6 Å². The molecule has 2 N–H and O–H groups in total. The third-order valence-corrected chi connectivity index (χ3v) is 3.97. The highest BCUT2D eigenvalue weighted by Crippen LogP contribution is 2.22. The highest BCUT2D eigenvalue weighted by Gasteiger charge is 2.24. The molecule has 15 heavy (non-hydrogen) atoms. The topological polar surface area (TPSA) is 45.1 Å². The van der Waals surface area contributed by atoms with Crippen LogP contribution in [0.2, 0.25) is 0 Å². The predicted octanol–water partition coefficient (Wildman–Crippen LogP) is 2.10. The van der Waals surface area contributed by atoms with E-state index in [-0.39, 0.29) is 18.2 Å². The molecule has 1 fully saturated rings. The van der Waals surface area contributed by atoms with Gasteiger partial charge < -0.3 is 10.4 Å². The molecule has 3 atom stereocenters. The molecular weight excluding hydrogens is 208 g/mol. The van der Waals surface area contributed by atoms with Crippen molar-refractivity contribution < 1.29 is 5.11 Å². The molecule has 2 rings (SSSR count). The van der Waals surface area contributed by atoms with Crippen LogP contribution in [0.5, 0.6) is 0 Å². The van der Waals surface area contributed by atoms with Gasteiger partial charge in [-0.05, 0) is 19.8 Å². The molecule has 0 aliphatic heterocycles. The summed E-state index contributed by atoms with van der Waals surface area (Å²) in [6.07, 6.45) is 6.04. The first kappa shape index (κ1) is 11.0. The minimum atomic E-state index is -0.179.